The summed E-state index contributed by atoms with van der Waals surface area (Å²) in [5.41, 5.74) is 2.27. The molecule has 6 heteroatoms. The predicted molar refractivity (Wildman–Crippen MR) is 99.2 cm³/mol. The van der Waals surface area contributed by atoms with Crippen molar-refractivity contribution in [1.82, 2.24) is 19.4 Å². The van der Waals surface area contributed by atoms with Crippen molar-refractivity contribution in [2.24, 2.45) is 13.0 Å². The number of piperidine rings is 1. The fourth-order valence-corrected chi connectivity index (χ4v) is 3.50. The van der Waals surface area contributed by atoms with Crippen molar-refractivity contribution < 1.29 is 4.74 Å². The lowest BCUT2D eigenvalue weighted by Gasteiger charge is -2.31. The van der Waals surface area contributed by atoms with Crippen LogP contribution >= 0.6 is 0 Å². The van der Waals surface area contributed by atoms with Crippen molar-refractivity contribution in [2.45, 2.75) is 38.1 Å². The zero-order valence-corrected chi connectivity index (χ0v) is 15.3. The Labute approximate surface area is 153 Å². The topological polar surface area (TPSA) is 60.2 Å². The first-order chi connectivity index (χ1) is 12.7. The van der Waals surface area contributed by atoms with Gasteiger partial charge in [-0.1, -0.05) is 0 Å². The molecule has 0 radical (unpaired) electrons. The minimum absolute atomic E-state index is 0.0567. The molecule has 1 saturated heterocycles. The van der Waals surface area contributed by atoms with Gasteiger partial charge in [0.05, 0.1) is 12.3 Å². The summed E-state index contributed by atoms with van der Waals surface area (Å²) in [5.74, 6) is 1.90. The second-order valence-corrected chi connectivity index (χ2v) is 7.57. The first-order valence-electron chi connectivity index (χ1n) is 9.50. The molecule has 0 atom stereocenters. The molecule has 4 rings (SSSR count). The highest BCUT2D eigenvalue weighted by molar-refractivity contribution is 5.20. The van der Waals surface area contributed by atoms with Crippen molar-refractivity contribution in [3.63, 3.8) is 0 Å². The minimum Gasteiger partial charge on any atom is -0.477 e. The van der Waals surface area contributed by atoms with Crippen LogP contribution in [0.1, 0.15) is 42.9 Å². The summed E-state index contributed by atoms with van der Waals surface area (Å²) in [4.78, 5) is 22.7. The van der Waals surface area contributed by atoms with Crippen LogP contribution in [0.15, 0.2) is 35.5 Å². The molecule has 0 N–H and O–H groups in total. The molecular formula is C20H26N4O2. The molecule has 2 aliphatic rings. The standard InChI is InChI=1S/C20H26N4O2/c1-23-7-4-16(10-20(23)25)12-24-8-5-15(6-9-24)13-26-19-11-18(17-2-3-17)21-14-22-19/h4,7,10-11,14-15,17H,2-3,5-6,8-9,12-13H2,1H3. The van der Waals surface area contributed by atoms with E-state index in [2.05, 4.69) is 14.9 Å². The monoisotopic (exact) mass is 354 g/mol. The highest BCUT2D eigenvalue weighted by Crippen LogP contribution is 2.39. The van der Waals surface area contributed by atoms with Crippen LogP contribution in [0, 0.1) is 5.92 Å². The van der Waals surface area contributed by atoms with Gasteiger partial charge in [-0.05, 0) is 56.3 Å². The van der Waals surface area contributed by atoms with E-state index >= 15 is 0 Å². The lowest BCUT2D eigenvalue weighted by molar-refractivity contribution is 0.134. The van der Waals surface area contributed by atoms with Crippen LogP contribution < -0.4 is 10.3 Å². The molecule has 3 heterocycles. The number of nitrogens with zero attached hydrogens (tertiary/aromatic N) is 4. The van der Waals surface area contributed by atoms with E-state index in [-0.39, 0.29) is 5.56 Å². The van der Waals surface area contributed by atoms with Crippen LogP contribution in [-0.2, 0) is 13.6 Å². The van der Waals surface area contributed by atoms with Gasteiger partial charge in [0.1, 0.15) is 6.33 Å². The van der Waals surface area contributed by atoms with Gasteiger partial charge in [-0.2, -0.15) is 0 Å². The van der Waals surface area contributed by atoms with Crippen molar-refractivity contribution in [3.8, 4) is 5.88 Å². The van der Waals surface area contributed by atoms with Gasteiger partial charge < -0.3 is 9.30 Å². The van der Waals surface area contributed by atoms with Gasteiger partial charge in [0, 0.05) is 37.8 Å². The van der Waals surface area contributed by atoms with Crippen molar-refractivity contribution in [3.05, 3.63) is 52.3 Å². The van der Waals surface area contributed by atoms with Crippen LogP contribution in [0.3, 0.4) is 0 Å². The Balaban J connectivity index is 1.24. The molecule has 138 valence electrons. The Bertz CT molecular complexity index is 807. The van der Waals surface area contributed by atoms with E-state index in [1.807, 2.05) is 18.3 Å². The Kier molecular flexibility index (Phi) is 5.02. The maximum atomic E-state index is 11.7. The van der Waals surface area contributed by atoms with Crippen LogP contribution in [0.2, 0.25) is 0 Å². The molecule has 2 fully saturated rings. The van der Waals surface area contributed by atoms with Gasteiger partial charge in [-0.15, -0.1) is 0 Å². The fourth-order valence-electron chi connectivity index (χ4n) is 3.50. The van der Waals surface area contributed by atoms with E-state index in [9.17, 15) is 4.79 Å². The fraction of sp³-hybridized carbons (Fsp3) is 0.550. The van der Waals surface area contributed by atoms with Gasteiger partial charge in [0.2, 0.25) is 5.88 Å². The molecule has 0 aromatic carbocycles. The van der Waals surface area contributed by atoms with Crippen LogP contribution in [0.5, 0.6) is 5.88 Å². The zero-order valence-electron chi connectivity index (χ0n) is 15.3. The average molecular weight is 354 g/mol. The molecule has 0 spiro atoms. The number of pyridine rings is 1. The Morgan fingerprint density at radius 1 is 1.15 bits per heavy atom. The molecule has 0 unspecified atom stereocenters. The highest BCUT2D eigenvalue weighted by Gasteiger charge is 2.26. The quantitative estimate of drug-likeness (QED) is 0.797. The normalized spacial score (nSPS) is 18.8. The molecule has 26 heavy (non-hydrogen) atoms. The molecule has 1 aliphatic carbocycles. The average Bonchev–Trinajstić information content (AvgIpc) is 3.50. The molecule has 2 aromatic heterocycles. The second-order valence-electron chi connectivity index (χ2n) is 7.57. The van der Waals surface area contributed by atoms with Gasteiger partial charge in [-0.3, -0.25) is 9.69 Å². The van der Waals surface area contributed by atoms with Gasteiger partial charge >= 0.3 is 0 Å². The summed E-state index contributed by atoms with van der Waals surface area (Å²) in [6.45, 7) is 3.65. The number of aryl methyl sites for hydroxylation is 1. The summed E-state index contributed by atoms with van der Waals surface area (Å²) in [6, 6.07) is 5.77. The number of rotatable bonds is 6. The Hall–Kier alpha value is -2.21. The SMILES string of the molecule is Cn1ccc(CN2CCC(COc3cc(C4CC4)ncn3)CC2)cc1=O. The molecular weight excluding hydrogens is 328 g/mol. The summed E-state index contributed by atoms with van der Waals surface area (Å²) in [7, 11) is 1.78. The third kappa shape index (κ3) is 4.30. The lowest BCUT2D eigenvalue weighted by Crippen LogP contribution is -2.35. The van der Waals surface area contributed by atoms with E-state index in [1.165, 1.54) is 12.8 Å². The lowest BCUT2D eigenvalue weighted by atomic mass is 9.97. The van der Waals surface area contributed by atoms with Crippen LogP contribution in [-0.4, -0.2) is 39.1 Å². The maximum absolute atomic E-state index is 11.7. The first-order valence-corrected chi connectivity index (χ1v) is 9.50. The van der Waals surface area contributed by atoms with E-state index in [0.29, 0.717) is 17.7 Å². The minimum atomic E-state index is 0.0567. The van der Waals surface area contributed by atoms with Crippen molar-refractivity contribution in [1.29, 1.82) is 0 Å². The molecule has 2 aromatic rings. The number of aromatic nitrogens is 3. The number of likely N-dealkylation sites (tertiary alicyclic amines) is 1. The Morgan fingerprint density at radius 3 is 2.69 bits per heavy atom. The zero-order chi connectivity index (χ0) is 17.9. The van der Waals surface area contributed by atoms with E-state index in [0.717, 1.165) is 50.3 Å². The molecule has 0 bridgehead atoms. The van der Waals surface area contributed by atoms with Crippen LogP contribution in [0.25, 0.3) is 0 Å². The van der Waals surface area contributed by atoms with Gasteiger partial charge in [0.15, 0.2) is 0 Å². The van der Waals surface area contributed by atoms with Gasteiger partial charge in [0.25, 0.3) is 5.56 Å². The van der Waals surface area contributed by atoms with Gasteiger partial charge in [-0.25, -0.2) is 9.97 Å². The number of hydrogen-bond donors (Lipinski definition) is 0. The number of hydrogen-bond acceptors (Lipinski definition) is 5. The third-order valence-corrected chi connectivity index (χ3v) is 5.41. The summed E-state index contributed by atoms with van der Waals surface area (Å²) < 4.78 is 7.54. The van der Waals surface area contributed by atoms with Crippen molar-refractivity contribution in [2.75, 3.05) is 19.7 Å². The molecule has 1 aliphatic heterocycles. The smallest absolute Gasteiger partial charge is 0.250 e. The highest BCUT2D eigenvalue weighted by atomic mass is 16.5. The third-order valence-electron chi connectivity index (χ3n) is 5.41. The largest absolute Gasteiger partial charge is 0.477 e. The van der Waals surface area contributed by atoms with Crippen molar-refractivity contribution >= 4 is 0 Å². The first kappa shape index (κ1) is 17.2. The van der Waals surface area contributed by atoms with E-state index < -0.39 is 0 Å². The predicted octanol–water partition coefficient (Wildman–Crippen LogP) is 2.34. The maximum Gasteiger partial charge on any atom is 0.250 e. The number of ether oxygens (including phenoxy) is 1. The summed E-state index contributed by atoms with van der Waals surface area (Å²) in [5, 5.41) is 0. The summed E-state index contributed by atoms with van der Waals surface area (Å²) >= 11 is 0. The molecule has 1 saturated carbocycles. The van der Waals surface area contributed by atoms with E-state index in [1.54, 1.807) is 24.0 Å². The van der Waals surface area contributed by atoms with E-state index in [4.69, 9.17) is 4.74 Å². The summed E-state index contributed by atoms with van der Waals surface area (Å²) in [6.07, 6.45) is 8.17. The second kappa shape index (κ2) is 7.58. The van der Waals surface area contributed by atoms with Crippen LogP contribution in [0.4, 0.5) is 0 Å². The Morgan fingerprint density at radius 2 is 1.96 bits per heavy atom. The molecule has 0 amide bonds. The molecule has 6 nitrogen and oxygen atoms in total.